The second-order valence-corrected chi connectivity index (χ2v) is 10.2. The van der Waals surface area contributed by atoms with Gasteiger partial charge in [-0.25, -0.2) is 17.6 Å². The smallest absolute Gasteiger partial charge is 0.165 e. The molecule has 186 valence electrons. The van der Waals surface area contributed by atoms with Crippen LogP contribution in [0.15, 0.2) is 70.4 Å². The number of rotatable bonds is 7. The molecular formula is C29H36F4O. The Balaban J connectivity index is 1.27. The summed E-state index contributed by atoms with van der Waals surface area (Å²) in [6.07, 6.45) is 16.4. The Morgan fingerprint density at radius 3 is 2.29 bits per heavy atom. The van der Waals surface area contributed by atoms with Gasteiger partial charge >= 0.3 is 0 Å². The van der Waals surface area contributed by atoms with Crippen LogP contribution >= 0.6 is 0 Å². The molecule has 0 N–H and O–H groups in total. The molecule has 3 atom stereocenters. The fourth-order valence-electron chi connectivity index (χ4n) is 5.97. The number of methoxy groups -OCH3 is 1. The molecule has 4 aliphatic rings. The van der Waals surface area contributed by atoms with Crippen LogP contribution in [-0.2, 0) is 4.74 Å². The Morgan fingerprint density at radius 2 is 1.65 bits per heavy atom. The Bertz CT molecular complexity index is 943. The van der Waals surface area contributed by atoms with E-state index in [0.29, 0.717) is 36.3 Å². The lowest BCUT2D eigenvalue weighted by molar-refractivity contribution is 0.107. The molecule has 0 spiro atoms. The van der Waals surface area contributed by atoms with Crippen LogP contribution in [0, 0.1) is 23.7 Å². The zero-order valence-corrected chi connectivity index (χ0v) is 20.3. The van der Waals surface area contributed by atoms with Crippen LogP contribution in [0.4, 0.5) is 17.6 Å². The minimum Gasteiger partial charge on any atom is -0.374 e. The third kappa shape index (κ3) is 5.35. The average Bonchev–Trinajstić information content (AvgIpc) is 2.87. The van der Waals surface area contributed by atoms with Crippen molar-refractivity contribution in [3.05, 3.63) is 70.4 Å². The van der Waals surface area contributed by atoms with Crippen molar-refractivity contribution < 1.29 is 22.3 Å². The van der Waals surface area contributed by atoms with Crippen molar-refractivity contribution in [2.24, 2.45) is 23.7 Å². The predicted octanol–water partition coefficient (Wildman–Crippen LogP) is 9.08. The number of hydrogen-bond acceptors (Lipinski definition) is 1. The molecule has 0 aliphatic heterocycles. The van der Waals surface area contributed by atoms with Crippen molar-refractivity contribution in [1.82, 2.24) is 0 Å². The van der Waals surface area contributed by atoms with Gasteiger partial charge in [-0.1, -0.05) is 42.9 Å². The molecule has 4 rings (SSSR count). The van der Waals surface area contributed by atoms with Gasteiger partial charge in [0, 0.05) is 13.0 Å². The average molecular weight is 477 g/mol. The molecule has 34 heavy (non-hydrogen) atoms. The second-order valence-electron chi connectivity index (χ2n) is 10.2. The zero-order chi connectivity index (χ0) is 24.2. The predicted molar refractivity (Wildman–Crippen MR) is 128 cm³/mol. The first kappa shape index (κ1) is 25.2. The lowest BCUT2D eigenvalue weighted by Crippen LogP contribution is -2.22. The molecule has 5 heteroatoms. The van der Waals surface area contributed by atoms with Gasteiger partial charge in [0.15, 0.2) is 17.5 Å². The lowest BCUT2D eigenvalue weighted by Gasteiger charge is -2.32. The highest BCUT2D eigenvalue weighted by atomic mass is 19.2. The Morgan fingerprint density at radius 1 is 0.882 bits per heavy atom. The number of ether oxygens (including phenoxy) is 1. The molecule has 0 heterocycles. The van der Waals surface area contributed by atoms with Gasteiger partial charge in [-0.05, 0) is 93.1 Å². The molecular weight excluding hydrogens is 440 g/mol. The van der Waals surface area contributed by atoms with E-state index >= 15 is 0 Å². The van der Waals surface area contributed by atoms with Gasteiger partial charge in [0.25, 0.3) is 0 Å². The molecule has 0 radical (unpaired) electrons. The van der Waals surface area contributed by atoms with Crippen molar-refractivity contribution in [3.8, 4) is 0 Å². The van der Waals surface area contributed by atoms with Gasteiger partial charge in [-0.2, -0.15) is 0 Å². The fraction of sp³-hybridized carbons (Fsp3) is 0.586. The maximum absolute atomic E-state index is 14.9. The molecule has 3 unspecified atom stereocenters. The van der Waals surface area contributed by atoms with E-state index < -0.39 is 35.3 Å². The summed E-state index contributed by atoms with van der Waals surface area (Å²) in [5.74, 6) is -2.76. The van der Waals surface area contributed by atoms with Crippen LogP contribution in [-0.4, -0.2) is 13.2 Å². The maximum atomic E-state index is 14.9. The monoisotopic (exact) mass is 476 g/mol. The standard InChI is InChI=1S/C29H36F4O/c1-3-18-4-9-20(10-5-18)23-15-14-22(26(30)27(23)31)13-8-19-6-11-21(12-7-19)24-16-17-25(34-2)29(33)28(24)32/h4-5,9,14,16,19-21,23,25H,3,6-8,10-13,15,17H2,1-2H3. The van der Waals surface area contributed by atoms with Crippen LogP contribution in [0.5, 0.6) is 0 Å². The van der Waals surface area contributed by atoms with E-state index in [4.69, 9.17) is 4.74 Å². The maximum Gasteiger partial charge on any atom is 0.165 e. The van der Waals surface area contributed by atoms with Crippen molar-refractivity contribution in [2.45, 2.75) is 77.2 Å². The summed E-state index contributed by atoms with van der Waals surface area (Å²) < 4.78 is 63.4. The summed E-state index contributed by atoms with van der Waals surface area (Å²) >= 11 is 0. The molecule has 1 nitrogen and oxygen atoms in total. The van der Waals surface area contributed by atoms with Gasteiger partial charge in [-0.15, -0.1) is 0 Å². The van der Waals surface area contributed by atoms with Gasteiger partial charge < -0.3 is 4.74 Å². The SMILES string of the molecule is CCC1=CCC(C2CC=C(CCC3CCC(C4=CCC(OC)C(F)=C4F)CC3)C(F)=C2F)C=C1. The zero-order valence-electron chi connectivity index (χ0n) is 20.3. The topological polar surface area (TPSA) is 9.23 Å². The first-order valence-electron chi connectivity index (χ1n) is 12.8. The van der Waals surface area contributed by atoms with E-state index in [-0.39, 0.29) is 11.8 Å². The molecule has 0 bridgehead atoms. The first-order chi connectivity index (χ1) is 16.4. The largest absolute Gasteiger partial charge is 0.374 e. The van der Waals surface area contributed by atoms with Crippen molar-refractivity contribution in [3.63, 3.8) is 0 Å². The van der Waals surface area contributed by atoms with Crippen molar-refractivity contribution >= 4 is 0 Å². The molecule has 4 aliphatic carbocycles. The Hall–Kier alpha value is -1.88. The lowest BCUT2D eigenvalue weighted by atomic mass is 9.74. The van der Waals surface area contributed by atoms with E-state index in [2.05, 4.69) is 13.0 Å². The Labute approximate surface area is 201 Å². The molecule has 0 aromatic heterocycles. The molecule has 1 fully saturated rings. The second kappa shape index (κ2) is 11.2. The fourth-order valence-corrected chi connectivity index (χ4v) is 5.97. The van der Waals surface area contributed by atoms with E-state index in [0.717, 1.165) is 44.9 Å². The van der Waals surface area contributed by atoms with E-state index in [1.807, 2.05) is 18.2 Å². The van der Waals surface area contributed by atoms with E-state index in [1.165, 1.54) is 12.7 Å². The molecule has 0 amide bonds. The van der Waals surface area contributed by atoms with Gasteiger partial charge in [0.05, 0.1) is 0 Å². The highest BCUT2D eigenvalue weighted by molar-refractivity contribution is 5.36. The first-order valence-corrected chi connectivity index (χ1v) is 12.8. The van der Waals surface area contributed by atoms with Crippen LogP contribution in [0.2, 0.25) is 0 Å². The quantitative estimate of drug-likeness (QED) is 0.333. The van der Waals surface area contributed by atoms with Gasteiger partial charge in [0.1, 0.15) is 11.9 Å². The van der Waals surface area contributed by atoms with E-state index in [1.54, 1.807) is 6.08 Å². The highest BCUT2D eigenvalue weighted by Gasteiger charge is 2.33. The summed E-state index contributed by atoms with van der Waals surface area (Å²) in [7, 11) is 1.39. The van der Waals surface area contributed by atoms with E-state index in [9.17, 15) is 17.6 Å². The minimum atomic E-state index is -0.814. The molecule has 0 aromatic rings. The summed E-state index contributed by atoms with van der Waals surface area (Å²) in [6, 6.07) is 0. The van der Waals surface area contributed by atoms with Crippen LogP contribution in [0.3, 0.4) is 0 Å². The summed E-state index contributed by atoms with van der Waals surface area (Å²) in [6.45, 7) is 2.10. The van der Waals surface area contributed by atoms with Gasteiger partial charge in [-0.3, -0.25) is 0 Å². The molecule has 0 saturated heterocycles. The summed E-state index contributed by atoms with van der Waals surface area (Å²) in [4.78, 5) is 0. The van der Waals surface area contributed by atoms with Gasteiger partial charge in [0.2, 0.25) is 0 Å². The third-order valence-corrected chi connectivity index (χ3v) is 8.26. The Kier molecular flexibility index (Phi) is 8.34. The normalized spacial score (nSPS) is 32.5. The number of hydrogen-bond donors (Lipinski definition) is 0. The number of halogens is 4. The summed E-state index contributed by atoms with van der Waals surface area (Å²) in [5.41, 5.74) is 2.24. The van der Waals surface area contributed by atoms with Crippen molar-refractivity contribution in [2.75, 3.05) is 7.11 Å². The van der Waals surface area contributed by atoms with Crippen LogP contribution in [0.1, 0.15) is 71.1 Å². The highest BCUT2D eigenvalue weighted by Crippen LogP contribution is 2.44. The minimum absolute atomic E-state index is 0.0154. The third-order valence-electron chi connectivity index (χ3n) is 8.26. The summed E-state index contributed by atoms with van der Waals surface area (Å²) in [5, 5.41) is 0. The molecule has 0 aromatic carbocycles. The van der Waals surface area contributed by atoms with Crippen LogP contribution in [0.25, 0.3) is 0 Å². The number of allylic oxidation sites excluding steroid dienone is 10. The molecule has 1 saturated carbocycles. The van der Waals surface area contributed by atoms with Crippen LogP contribution < -0.4 is 0 Å². The van der Waals surface area contributed by atoms with Crippen molar-refractivity contribution in [1.29, 1.82) is 0 Å².